The second-order valence-electron chi connectivity index (χ2n) is 11.5. The van der Waals surface area contributed by atoms with Crippen LogP contribution in [-0.4, -0.2) is 55.3 Å². The molecule has 0 radical (unpaired) electrons. The van der Waals surface area contributed by atoms with E-state index in [0.717, 1.165) is 24.0 Å². The van der Waals surface area contributed by atoms with Crippen LogP contribution in [0.3, 0.4) is 0 Å². The average Bonchev–Trinajstić information content (AvgIpc) is 3.75. The lowest BCUT2D eigenvalue weighted by Crippen LogP contribution is -2.49. The summed E-state index contributed by atoms with van der Waals surface area (Å²) in [5.74, 6) is 0.0221. The average molecular weight is 620 g/mol. The van der Waals surface area contributed by atoms with Crippen molar-refractivity contribution < 1.29 is 13.2 Å². The van der Waals surface area contributed by atoms with Crippen molar-refractivity contribution in [1.82, 2.24) is 14.1 Å². The number of sulfonamides is 1. The highest BCUT2D eigenvalue weighted by molar-refractivity contribution is 7.88. The Hall–Kier alpha value is -3.86. The van der Waals surface area contributed by atoms with Gasteiger partial charge in [-0.3, -0.25) is 4.79 Å². The summed E-state index contributed by atoms with van der Waals surface area (Å²) in [6.07, 6.45) is 3.71. The number of hydrogen-bond acceptors (Lipinski definition) is 7. The SMILES string of the molecule is CC1(COc2c(N3CCN(S(=O)(=O)Cc4cccc(-c5ccccc5)c4N)CC3)cnn(-c3cccc(Cl)c3)c2=O)CC1. The molecule has 9 nitrogen and oxygen atoms in total. The number of benzene rings is 3. The van der Waals surface area contributed by atoms with Crippen LogP contribution in [0, 0.1) is 5.41 Å². The molecule has 0 spiro atoms. The van der Waals surface area contributed by atoms with Gasteiger partial charge in [0.2, 0.25) is 15.8 Å². The topological polar surface area (TPSA) is 111 Å². The number of anilines is 2. The minimum atomic E-state index is -3.65. The van der Waals surface area contributed by atoms with Gasteiger partial charge in [-0.25, -0.2) is 8.42 Å². The zero-order chi connectivity index (χ0) is 30.2. The van der Waals surface area contributed by atoms with E-state index in [1.54, 1.807) is 36.5 Å². The Kier molecular flexibility index (Phi) is 7.93. The Bertz CT molecular complexity index is 1800. The molecule has 2 aliphatic rings. The lowest BCUT2D eigenvalue weighted by atomic mass is 10.0. The van der Waals surface area contributed by atoms with Crippen molar-refractivity contribution in [3.05, 3.63) is 99.9 Å². The summed E-state index contributed by atoms with van der Waals surface area (Å²) in [4.78, 5) is 15.6. The second kappa shape index (κ2) is 11.7. The second-order valence-corrected chi connectivity index (χ2v) is 13.9. The number of hydrogen-bond donors (Lipinski definition) is 1. The van der Waals surface area contributed by atoms with E-state index in [2.05, 4.69) is 12.0 Å². The van der Waals surface area contributed by atoms with Gasteiger partial charge < -0.3 is 15.4 Å². The van der Waals surface area contributed by atoms with Crippen LogP contribution < -0.4 is 20.9 Å². The van der Waals surface area contributed by atoms with Gasteiger partial charge in [0, 0.05) is 47.9 Å². The molecule has 2 heterocycles. The molecular formula is C32H34ClN5O4S. The zero-order valence-electron chi connectivity index (χ0n) is 23.9. The summed E-state index contributed by atoms with van der Waals surface area (Å²) in [5, 5.41) is 4.92. The summed E-state index contributed by atoms with van der Waals surface area (Å²) < 4.78 is 36.0. The van der Waals surface area contributed by atoms with Crippen LogP contribution in [0.1, 0.15) is 25.3 Å². The van der Waals surface area contributed by atoms with E-state index >= 15 is 0 Å². The predicted molar refractivity (Wildman–Crippen MR) is 170 cm³/mol. The van der Waals surface area contributed by atoms with E-state index in [9.17, 15) is 13.2 Å². The smallest absolute Gasteiger partial charge is 0.316 e. The molecule has 1 aliphatic heterocycles. The molecule has 0 atom stereocenters. The molecule has 0 bridgehead atoms. The van der Waals surface area contributed by atoms with Gasteiger partial charge in [-0.2, -0.15) is 14.1 Å². The maximum Gasteiger partial charge on any atom is 0.316 e. The van der Waals surface area contributed by atoms with Gasteiger partial charge in [-0.05, 0) is 42.2 Å². The van der Waals surface area contributed by atoms with E-state index in [-0.39, 0.29) is 35.6 Å². The first-order valence-electron chi connectivity index (χ1n) is 14.3. The molecule has 4 aromatic rings. The lowest BCUT2D eigenvalue weighted by Gasteiger charge is -2.36. The molecule has 0 amide bonds. The number of ether oxygens (including phenoxy) is 1. The third-order valence-electron chi connectivity index (χ3n) is 8.23. The van der Waals surface area contributed by atoms with E-state index in [4.69, 9.17) is 22.1 Å². The molecule has 11 heteroatoms. The Morgan fingerprint density at radius 3 is 2.40 bits per heavy atom. The quantitative estimate of drug-likeness (QED) is 0.264. The maximum atomic E-state index is 13.7. The van der Waals surface area contributed by atoms with Crippen LogP contribution >= 0.6 is 11.6 Å². The van der Waals surface area contributed by atoms with Crippen LogP contribution in [0.2, 0.25) is 5.02 Å². The first-order valence-corrected chi connectivity index (χ1v) is 16.3. The Balaban J connectivity index is 1.21. The van der Waals surface area contributed by atoms with Gasteiger partial charge in [0.1, 0.15) is 5.69 Å². The number of nitrogens with zero attached hydrogens (tertiary/aromatic N) is 4. The highest BCUT2D eigenvalue weighted by Crippen LogP contribution is 2.45. The number of nitrogen functional groups attached to an aromatic ring is 1. The first-order chi connectivity index (χ1) is 20.6. The van der Waals surface area contributed by atoms with Crippen molar-refractivity contribution in [2.24, 2.45) is 5.41 Å². The van der Waals surface area contributed by atoms with Crippen LogP contribution in [0.5, 0.6) is 5.75 Å². The molecule has 1 saturated carbocycles. The lowest BCUT2D eigenvalue weighted by molar-refractivity contribution is 0.242. The number of piperazine rings is 1. The molecule has 6 rings (SSSR count). The summed E-state index contributed by atoms with van der Waals surface area (Å²) in [7, 11) is -3.65. The van der Waals surface area contributed by atoms with Gasteiger partial charge in [0.25, 0.3) is 0 Å². The molecule has 3 aromatic carbocycles. The largest absolute Gasteiger partial charge is 0.486 e. The Labute approximate surface area is 256 Å². The van der Waals surface area contributed by atoms with Gasteiger partial charge in [-0.1, -0.05) is 73.1 Å². The van der Waals surface area contributed by atoms with Crippen molar-refractivity contribution in [3.8, 4) is 22.6 Å². The summed E-state index contributed by atoms with van der Waals surface area (Å²) in [5.41, 5.74) is 10.0. The fraction of sp³-hybridized carbons (Fsp3) is 0.312. The highest BCUT2D eigenvalue weighted by atomic mass is 35.5. The molecule has 1 aliphatic carbocycles. The van der Waals surface area contributed by atoms with Crippen molar-refractivity contribution in [1.29, 1.82) is 0 Å². The monoisotopic (exact) mass is 619 g/mol. The summed E-state index contributed by atoms with van der Waals surface area (Å²) in [6.45, 7) is 3.84. The molecular weight excluding hydrogens is 586 g/mol. The van der Waals surface area contributed by atoms with E-state index < -0.39 is 10.0 Å². The Morgan fingerprint density at radius 2 is 1.70 bits per heavy atom. The van der Waals surface area contributed by atoms with Crippen LogP contribution in [0.25, 0.3) is 16.8 Å². The van der Waals surface area contributed by atoms with Crippen LogP contribution in [0.15, 0.2) is 83.8 Å². The van der Waals surface area contributed by atoms with Crippen LogP contribution in [0.4, 0.5) is 11.4 Å². The number of rotatable bonds is 9. The van der Waals surface area contributed by atoms with Crippen molar-refractivity contribution in [2.75, 3.05) is 43.4 Å². The molecule has 0 unspecified atom stereocenters. The van der Waals surface area contributed by atoms with Gasteiger partial charge in [0.15, 0.2) is 0 Å². The summed E-state index contributed by atoms with van der Waals surface area (Å²) >= 11 is 6.17. The van der Waals surface area contributed by atoms with Crippen molar-refractivity contribution in [3.63, 3.8) is 0 Å². The van der Waals surface area contributed by atoms with Crippen molar-refractivity contribution >= 4 is 33.0 Å². The third kappa shape index (κ3) is 6.27. The van der Waals surface area contributed by atoms with E-state index in [1.165, 1.54) is 8.99 Å². The van der Waals surface area contributed by atoms with Crippen LogP contribution in [-0.2, 0) is 15.8 Å². The van der Waals surface area contributed by atoms with Crippen molar-refractivity contribution in [2.45, 2.75) is 25.5 Å². The Morgan fingerprint density at radius 1 is 0.977 bits per heavy atom. The first kappa shape index (κ1) is 29.2. The maximum absolute atomic E-state index is 13.7. The molecule has 2 N–H and O–H groups in total. The fourth-order valence-electron chi connectivity index (χ4n) is 5.29. The van der Waals surface area contributed by atoms with E-state index in [0.29, 0.717) is 47.3 Å². The fourth-order valence-corrected chi connectivity index (χ4v) is 7.02. The molecule has 1 aromatic heterocycles. The van der Waals surface area contributed by atoms with E-state index in [1.807, 2.05) is 47.4 Å². The molecule has 224 valence electrons. The minimum absolute atomic E-state index is 0.0559. The highest BCUT2D eigenvalue weighted by Gasteiger charge is 2.39. The standard InChI is InChI=1S/C32H34ClN5O4S/c1-32(13-14-32)22-42-30-28(20-35-38(31(30)39)26-11-6-10-25(33)19-26)36-15-17-37(18-16-36)43(40,41)21-24-9-5-12-27(29(24)34)23-7-3-2-4-8-23/h2-12,19-20H,13-18,21-22,34H2,1H3. The third-order valence-corrected chi connectivity index (χ3v) is 10.3. The zero-order valence-corrected chi connectivity index (χ0v) is 25.5. The number of aromatic nitrogens is 2. The molecule has 2 fully saturated rings. The summed E-state index contributed by atoms with van der Waals surface area (Å²) in [6, 6.07) is 22.1. The predicted octanol–water partition coefficient (Wildman–Crippen LogP) is 4.97. The van der Waals surface area contributed by atoms with Gasteiger partial charge in [-0.15, -0.1) is 0 Å². The van der Waals surface area contributed by atoms with Gasteiger partial charge in [0.05, 0.1) is 24.2 Å². The molecule has 1 saturated heterocycles. The molecule has 43 heavy (non-hydrogen) atoms. The minimum Gasteiger partial charge on any atom is -0.486 e. The number of nitrogens with two attached hydrogens (primary N) is 1. The number of halogens is 1. The number of para-hydroxylation sites is 1. The normalized spacial score (nSPS) is 16.7. The van der Waals surface area contributed by atoms with Gasteiger partial charge >= 0.3 is 5.56 Å².